The second-order valence-corrected chi connectivity index (χ2v) is 8.01. The quantitative estimate of drug-likeness (QED) is 0.717. The number of rotatable bonds is 7. The number of nitrogens with one attached hydrogen (secondary N) is 2. The summed E-state index contributed by atoms with van der Waals surface area (Å²) in [6.07, 6.45) is 5.74. The molecule has 23 heavy (non-hydrogen) atoms. The molecule has 2 fully saturated rings. The Morgan fingerprint density at radius 3 is 3.13 bits per heavy atom. The lowest BCUT2D eigenvalue weighted by molar-refractivity contribution is 0.122. The molecule has 2 aliphatic heterocycles. The molecule has 0 aliphatic carbocycles. The maximum absolute atomic E-state index is 12.5. The lowest BCUT2D eigenvalue weighted by atomic mass is 9.99. The van der Waals surface area contributed by atoms with E-state index in [0.29, 0.717) is 26.4 Å². The summed E-state index contributed by atoms with van der Waals surface area (Å²) in [5.41, 5.74) is -0.322. The van der Waals surface area contributed by atoms with Crippen LogP contribution in [0.1, 0.15) is 25.3 Å². The molecule has 0 bridgehead atoms. The van der Waals surface area contributed by atoms with Gasteiger partial charge in [0.15, 0.2) is 0 Å². The van der Waals surface area contributed by atoms with Crippen molar-refractivity contribution in [2.45, 2.75) is 35.7 Å². The number of hydrogen-bond donors (Lipinski definition) is 2. The van der Waals surface area contributed by atoms with Crippen LogP contribution in [0, 0.1) is 0 Å². The van der Waals surface area contributed by atoms with Gasteiger partial charge in [-0.25, -0.2) is 13.1 Å². The van der Waals surface area contributed by atoms with Gasteiger partial charge in [-0.05, 0) is 25.8 Å². The molecule has 0 amide bonds. The number of sulfonamides is 1. The molecule has 2 saturated heterocycles. The van der Waals surface area contributed by atoms with Crippen molar-refractivity contribution >= 4 is 10.0 Å². The van der Waals surface area contributed by atoms with Gasteiger partial charge in [-0.2, -0.15) is 5.10 Å². The van der Waals surface area contributed by atoms with Crippen molar-refractivity contribution in [3.8, 4) is 0 Å². The van der Waals surface area contributed by atoms with Crippen LogP contribution in [0.5, 0.6) is 0 Å². The van der Waals surface area contributed by atoms with Crippen LogP contribution < -0.4 is 10.0 Å². The van der Waals surface area contributed by atoms with Gasteiger partial charge in [-0.15, -0.1) is 0 Å². The van der Waals surface area contributed by atoms with Crippen LogP contribution in [0.25, 0.3) is 0 Å². The summed E-state index contributed by atoms with van der Waals surface area (Å²) in [5, 5.41) is 7.53. The molecule has 0 saturated carbocycles. The molecule has 0 spiro atoms. The van der Waals surface area contributed by atoms with E-state index in [1.807, 2.05) is 0 Å². The molecular formula is C14H24N4O4S. The zero-order chi connectivity index (χ0) is 16.3. The summed E-state index contributed by atoms with van der Waals surface area (Å²) in [7, 11) is -1.95. The van der Waals surface area contributed by atoms with Gasteiger partial charge in [0.25, 0.3) is 0 Å². The number of nitrogens with zero attached hydrogens (tertiary/aromatic N) is 2. The van der Waals surface area contributed by atoms with Crippen molar-refractivity contribution in [3.63, 3.8) is 0 Å². The Morgan fingerprint density at radius 2 is 2.48 bits per heavy atom. The van der Waals surface area contributed by atoms with E-state index in [4.69, 9.17) is 9.47 Å². The van der Waals surface area contributed by atoms with Gasteiger partial charge in [0.1, 0.15) is 4.90 Å². The fourth-order valence-corrected chi connectivity index (χ4v) is 4.24. The van der Waals surface area contributed by atoms with E-state index in [0.717, 1.165) is 25.8 Å². The van der Waals surface area contributed by atoms with Crippen molar-refractivity contribution in [1.29, 1.82) is 0 Å². The highest BCUT2D eigenvalue weighted by molar-refractivity contribution is 7.89. The van der Waals surface area contributed by atoms with Gasteiger partial charge in [-0.3, -0.25) is 4.68 Å². The van der Waals surface area contributed by atoms with E-state index in [2.05, 4.69) is 15.1 Å². The summed E-state index contributed by atoms with van der Waals surface area (Å²) < 4.78 is 39.9. The molecule has 130 valence electrons. The van der Waals surface area contributed by atoms with E-state index < -0.39 is 10.0 Å². The van der Waals surface area contributed by atoms with Crippen LogP contribution in [0.15, 0.2) is 17.3 Å². The van der Waals surface area contributed by atoms with Crippen LogP contribution in [-0.4, -0.2) is 63.8 Å². The van der Waals surface area contributed by atoms with Gasteiger partial charge in [0.05, 0.1) is 31.0 Å². The summed E-state index contributed by atoms with van der Waals surface area (Å²) in [6.45, 7) is 2.94. The average Bonchev–Trinajstić information content (AvgIpc) is 3.26. The van der Waals surface area contributed by atoms with E-state index in [-0.39, 0.29) is 16.5 Å². The first kappa shape index (κ1) is 16.8. The maximum Gasteiger partial charge on any atom is 0.243 e. The highest BCUT2D eigenvalue weighted by Crippen LogP contribution is 2.21. The number of hydrogen-bond acceptors (Lipinski definition) is 6. The Kier molecular flexibility index (Phi) is 5.02. The Balaban J connectivity index is 1.66. The van der Waals surface area contributed by atoms with Crippen molar-refractivity contribution in [3.05, 3.63) is 12.4 Å². The predicted octanol–water partition coefficient (Wildman–Crippen LogP) is -0.109. The van der Waals surface area contributed by atoms with Crippen LogP contribution in [0.2, 0.25) is 0 Å². The number of ether oxygens (including phenoxy) is 2. The smallest absolute Gasteiger partial charge is 0.243 e. The second kappa shape index (κ2) is 6.86. The van der Waals surface area contributed by atoms with Crippen molar-refractivity contribution < 1.29 is 17.9 Å². The van der Waals surface area contributed by atoms with Gasteiger partial charge < -0.3 is 14.8 Å². The third-order valence-electron chi connectivity index (χ3n) is 4.52. The minimum absolute atomic E-state index is 0.121. The molecule has 2 unspecified atom stereocenters. The van der Waals surface area contributed by atoms with Crippen molar-refractivity contribution in [1.82, 2.24) is 19.8 Å². The molecule has 0 radical (unpaired) electrons. The summed E-state index contributed by atoms with van der Waals surface area (Å²) in [4.78, 5) is 0.190. The van der Waals surface area contributed by atoms with Gasteiger partial charge in [0.2, 0.25) is 10.0 Å². The minimum Gasteiger partial charge on any atom is -0.383 e. The molecule has 0 aromatic carbocycles. The monoisotopic (exact) mass is 344 g/mol. The average molecular weight is 344 g/mol. The fourth-order valence-electron chi connectivity index (χ4n) is 3.18. The Labute approximate surface area is 136 Å². The molecule has 2 aliphatic rings. The molecule has 2 N–H and O–H groups in total. The molecule has 3 rings (SSSR count). The second-order valence-electron chi connectivity index (χ2n) is 6.24. The van der Waals surface area contributed by atoms with Crippen LogP contribution >= 0.6 is 0 Å². The fraction of sp³-hybridized carbons (Fsp3) is 0.786. The Morgan fingerprint density at radius 1 is 1.61 bits per heavy atom. The summed E-state index contributed by atoms with van der Waals surface area (Å²) in [6, 6.07) is 0.121. The highest BCUT2D eigenvalue weighted by Gasteiger charge is 2.35. The third-order valence-corrected chi connectivity index (χ3v) is 5.88. The van der Waals surface area contributed by atoms with E-state index in [1.165, 1.54) is 6.20 Å². The number of aromatic nitrogens is 2. The SMILES string of the molecule is COCC1(CNS(=O)(=O)c2cnn(C3CCOC3)c2)CCCN1. The molecule has 1 aromatic rings. The first-order chi connectivity index (χ1) is 11.0. The molecular weight excluding hydrogens is 320 g/mol. The van der Waals surface area contributed by atoms with Crippen LogP contribution in [0.4, 0.5) is 0 Å². The lowest BCUT2D eigenvalue weighted by Gasteiger charge is -2.28. The first-order valence-electron chi connectivity index (χ1n) is 7.90. The zero-order valence-electron chi connectivity index (χ0n) is 13.3. The van der Waals surface area contributed by atoms with Crippen molar-refractivity contribution in [2.24, 2.45) is 0 Å². The Hall–Kier alpha value is -1.00. The van der Waals surface area contributed by atoms with Gasteiger partial charge in [-0.1, -0.05) is 0 Å². The van der Waals surface area contributed by atoms with E-state index in [1.54, 1.807) is 18.0 Å². The molecule has 2 atom stereocenters. The minimum atomic E-state index is -3.58. The predicted molar refractivity (Wildman–Crippen MR) is 83.7 cm³/mol. The lowest BCUT2D eigenvalue weighted by Crippen LogP contribution is -2.52. The Bertz CT molecular complexity index is 618. The van der Waals surface area contributed by atoms with Gasteiger partial charge >= 0.3 is 0 Å². The summed E-state index contributed by atoms with van der Waals surface area (Å²) in [5.74, 6) is 0. The van der Waals surface area contributed by atoms with E-state index in [9.17, 15) is 8.42 Å². The standard InChI is InChI=1S/C14H24N4O4S/c1-21-11-14(4-2-5-15-14)10-17-23(19,20)13-7-16-18(8-13)12-3-6-22-9-12/h7-8,12,15,17H,2-6,9-11H2,1H3. The summed E-state index contributed by atoms with van der Waals surface area (Å²) >= 11 is 0. The number of methoxy groups -OCH3 is 1. The largest absolute Gasteiger partial charge is 0.383 e. The maximum atomic E-state index is 12.5. The normalized spacial score (nSPS) is 28.5. The first-order valence-corrected chi connectivity index (χ1v) is 9.39. The zero-order valence-corrected chi connectivity index (χ0v) is 14.1. The molecule has 9 heteroatoms. The third kappa shape index (κ3) is 3.74. The molecule has 3 heterocycles. The molecule has 8 nitrogen and oxygen atoms in total. The van der Waals surface area contributed by atoms with E-state index >= 15 is 0 Å². The van der Waals surface area contributed by atoms with Crippen LogP contribution in [-0.2, 0) is 19.5 Å². The highest BCUT2D eigenvalue weighted by atomic mass is 32.2. The topological polar surface area (TPSA) is 94.5 Å². The van der Waals surface area contributed by atoms with Crippen LogP contribution in [0.3, 0.4) is 0 Å². The van der Waals surface area contributed by atoms with Gasteiger partial charge in [0, 0.05) is 26.5 Å². The van der Waals surface area contributed by atoms with Crippen molar-refractivity contribution in [2.75, 3.05) is 40.0 Å². The molecule has 1 aromatic heterocycles.